The highest BCUT2D eigenvalue weighted by Gasteiger charge is 2.25. The van der Waals surface area contributed by atoms with E-state index >= 15 is 0 Å². The lowest BCUT2D eigenvalue weighted by molar-refractivity contribution is 0.0850. The number of carbonyl (C=O) groups excluding carboxylic acids is 2. The minimum atomic E-state index is -0.988. The molecular formula is C28H27N3O4S. The Morgan fingerprint density at radius 3 is 2.25 bits per heavy atom. The van der Waals surface area contributed by atoms with Crippen LogP contribution in [0.5, 0.6) is 0 Å². The van der Waals surface area contributed by atoms with Gasteiger partial charge in [-0.05, 0) is 49.1 Å². The van der Waals surface area contributed by atoms with E-state index in [0.29, 0.717) is 42.9 Å². The van der Waals surface area contributed by atoms with Gasteiger partial charge < -0.3 is 15.3 Å². The number of nitrogens with one attached hydrogen (secondary N) is 1. The van der Waals surface area contributed by atoms with E-state index in [9.17, 15) is 19.5 Å². The molecule has 4 rings (SSSR count). The molecule has 0 bridgehead atoms. The molecule has 0 aliphatic heterocycles. The zero-order chi connectivity index (χ0) is 25.3. The molecule has 1 aromatic heterocycles. The molecule has 3 aromatic carbocycles. The normalized spacial score (nSPS) is 11.7. The standard InChI is InChI=1S/C28H27N3O4S/c32-25(27-30-22-15-7-8-17-24(22)36-27)23(29-26(33)21-13-5-2-6-14-21)16-9-10-18-31(28(34)35)19-20-11-3-1-4-12-20/h1-8,11-15,17,23H,9-10,16,18-19H2,(H,29,33)(H,34,35)/t23-/m0/s1. The van der Waals surface area contributed by atoms with E-state index in [4.69, 9.17) is 0 Å². The molecular weight excluding hydrogens is 474 g/mol. The lowest BCUT2D eigenvalue weighted by Gasteiger charge is -2.20. The van der Waals surface area contributed by atoms with Gasteiger partial charge in [0.2, 0.25) is 5.78 Å². The first kappa shape index (κ1) is 25.1. The van der Waals surface area contributed by atoms with E-state index in [1.165, 1.54) is 16.2 Å². The minimum absolute atomic E-state index is 0.236. The van der Waals surface area contributed by atoms with Crippen LogP contribution in [0.2, 0.25) is 0 Å². The van der Waals surface area contributed by atoms with Gasteiger partial charge in [-0.3, -0.25) is 9.59 Å². The quantitative estimate of drug-likeness (QED) is 0.205. The maximum absolute atomic E-state index is 13.4. The highest BCUT2D eigenvalue weighted by Crippen LogP contribution is 2.23. The minimum Gasteiger partial charge on any atom is -0.465 e. The highest BCUT2D eigenvalue weighted by molar-refractivity contribution is 7.20. The van der Waals surface area contributed by atoms with Crippen LogP contribution in [0.15, 0.2) is 84.9 Å². The number of amides is 2. The Morgan fingerprint density at radius 1 is 0.889 bits per heavy atom. The number of rotatable bonds is 11. The SMILES string of the molecule is O=C(N[C@@H](CCCCN(Cc1ccccc1)C(=O)O)C(=O)c1nc2ccccc2s1)c1ccccc1. The summed E-state index contributed by atoms with van der Waals surface area (Å²) in [5.74, 6) is -0.564. The van der Waals surface area contributed by atoms with Crippen LogP contribution < -0.4 is 5.32 Å². The Balaban J connectivity index is 1.42. The molecule has 8 heteroatoms. The number of hydrogen-bond donors (Lipinski definition) is 2. The molecule has 0 fully saturated rings. The lowest BCUT2D eigenvalue weighted by atomic mass is 10.0. The molecule has 0 radical (unpaired) electrons. The number of fused-ring (bicyclic) bond motifs is 1. The van der Waals surface area contributed by atoms with Crippen molar-refractivity contribution < 1.29 is 19.5 Å². The molecule has 7 nitrogen and oxygen atoms in total. The number of hydrogen-bond acceptors (Lipinski definition) is 5. The Labute approximate surface area is 213 Å². The summed E-state index contributed by atoms with van der Waals surface area (Å²) in [7, 11) is 0. The van der Waals surface area contributed by atoms with Crippen LogP contribution in [0.25, 0.3) is 10.2 Å². The van der Waals surface area contributed by atoms with E-state index in [2.05, 4.69) is 10.3 Å². The maximum atomic E-state index is 13.4. The van der Waals surface area contributed by atoms with Crippen molar-refractivity contribution >= 4 is 39.3 Å². The largest absolute Gasteiger partial charge is 0.465 e. The van der Waals surface area contributed by atoms with Gasteiger partial charge in [-0.25, -0.2) is 9.78 Å². The van der Waals surface area contributed by atoms with Crippen molar-refractivity contribution in [3.63, 3.8) is 0 Å². The molecule has 0 unspecified atom stereocenters. The zero-order valence-electron chi connectivity index (χ0n) is 19.7. The summed E-state index contributed by atoms with van der Waals surface area (Å²) in [5, 5.41) is 12.8. The van der Waals surface area contributed by atoms with E-state index in [-0.39, 0.29) is 11.7 Å². The maximum Gasteiger partial charge on any atom is 0.407 e. The predicted molar refractivity (Wildman–Crippen MR) is 140 cm³/mol. The van der Waals surface area contributed by atoms with Crippen molar-refractivity contribution in [1.29, 1.82) is 0 Å². The van der Waals surface area contributed by atoms with Crippen LogP contribution in [0.4, 0.5) is 4.79 Å². The van der Waals surface area contributed by atoms with Gasteiger partial charge in [0.05, 0.1) is 16.3 Å². The molecule has 1 atom stereocenters. The molecule has 4 aromatic rings. The van der Waals surface area contributed by atoms with Gasteiger partial charge in [0.25, 0.3) is 5.91 Å². The topological polar surface area (TPSA) is 99.6 Å². The molecule has 0 spiro atoms. The Morgan fingerprint density at radius 2 is 1.56 bits per heavy atom. The summed E-state index contributed by atoms with van der Waals surface area (Å²) in [5.41, 5.74) is 2.13. The summed E-state index contributed by atoms with van der Waals surface area (Å²) in [4.78, 5) is 43.8. The average molecular weight is 502 g/mol. The second kappa shape index (κ2) is 12.1. The van der Waals surface area contributed by atoms with Crippen molar-refractivity contribution in [2.24, 2.45) is 0 Å². The van der Waals surface area contributed by atoms with Gasteiger partial charge in [0, 0.05) is 18.7 Å². The molecule has 2 amide bonds. The van der Waals surface area contributed by atoms with Crippen molar-refractivity contribution in [1.82, 2.24) is 15.2 Å². The first-order valence-electron chi connectivity index (χ1n) is 11.8. The van der Waals surface area contributed by atoms with Crippen LogP contribution in [-0.2, 0) is 6.54 Å². The molecule has 0 aliphatic carbocycles. The predicted octanol–water partition coefficient (Wildman–Crippen LogP) is 5.63. The average Bonchev–Trinajstić information content (AvgIpc) is 3.34. The smallest absolute Gasteiger partial charge is 0.407 e. The molecule has 36 heavy (non-hydrogen) atoms. The first-order valence-corrected chi connectivity index (χ1v) is 12.6. The van der Waals surface area contributed by atoms with Gasteiger partial charge in [-0.1, -0.05) is 60.7 Å². The number of carbonyl (C=O) groups is 3. The molecule has 1 heterocycles. The molecule has 2 N–H and O–H groups in total. The lowest BCUT2D eigenvalue weighted by Crippen LogP contribution is -2.41. The van der Waals surface area contributed by atoms with Crippen LogP contribution in [0.1, 0.15) is 45.0 Å². The van der Waals surface area contributed by atoms with E-state index < -0.39 is 12.1 Å². The van der Waals surface area contributed by atoms with Crippen molar-refractivity contribution in [3.05, 3.63) is 101 Å². The van der Waals surface area contributed by atoms with Crippen molar-refractivity contribution in [3.8, 4) is 0 Å². The van der Waals surface area contributed by atoms with Crippen LogP contribution in [0, 0.1) is 0 Å². The fraction of sp³-hybridized carbons (Fsp3) is 0.214. The summed E-state index contributed by atoms with van der Waals surface area (Å²) < 4.78 is 0.909. The summed E-state index contributed by atoms with van der Waals surface area (Å²) >= 11 is 1.31. The number of carboxylic acid groups (broad SMARTS) is 1. The Hall–Kier alpha value is -4.04. The summed E-state index contributed by atoms with van der Waals surface area (Å²) in [6.07, 6.45) is 0.517. The third-order valence-electron chi connectivity index (χ3n) is 5.82. The molecule has 0 saturated carbocycles. The number of ketones is 1. The number of unbranched alkanes of at least 4 members (excludes halogenated alkanes) is 1. The second-order valence-corrected chi connectivity index (χ2v) is 9.46. The Bertz CT molecular complexity index is 1290. The Kier molecular flexibility index (Phi) is 8.41. The third kappa shape index (κ3) is 6.55. The number of thiazole rings is 1. The number of para-hydroxylation sites is 1. The van der Waals surface area contributed by atoms with E-state index in [1.54, 1.807) is 24.3 Å². The number of benzene rings is 3. The molecule has 184 valence electrons. The van der Waals surface area contributed by atoms with Gasteiger partial charge >= 0.3 is 6.09 Å². The third-order valence-corrected chi connectivity index (χ3v) is 6.87. The summed E-state index contributed by atoms with van der Waals surface area (Å²) in [6, 6.07) is 25.0. The first-order chi connectivity index (χ1) is 17.5. The van der Waals surface area contributed by atoms with Gasteiger partial charge in [0.15, 0.2) is 5.01 Å². The highest BCUT2D eigenvalue weighted by atomic mass is 32.1. The van der Waals surface area contributed by atoms with Crippen molar-refractivity contribution in [2.75, 3.05) is 6.54 Å². The van der Waals surface area contributed by atoms with Crippen LogP contribution in [-0.4, -0.2) is 45.4 Å². The van der Waals surface area contributed by atoms with Gasteiger partial charge in [-0.15, -0.1) is 11.3 Å². The zero-order valence-corrected chi connectivity index (χ0v) is 20.5. The van der Waals surface area contributed by atoms with Crippen LogP contribution in [0.3, 0.4) is 0 Å². The monoisotopic (exact) mass is 501 g/mol. The van der Waals surface area contributed by atoms with Crippen molar-refractivity contribution in [2.45, 2.75) is 31.8 Å². The van der Waals surface area contributed by atoms with Gasteiger partial charge in [0.1, 0.15) is 0 Å². The number of Topliss-reactive ketones (excluding diaryl/α,β-unsaturated/α-hetero) is 1. The van der Waals surface area contributed by atoms with E-state index in [1.807, 2.05) is 60.7 Å². The number of nitrogens with zero attached hydrogens (tertiary/aromatic N) is 2. The van der Waals surface area contributed by atoms with Crippen LogP contribution >= 0.6 is 11.3 Å². The summed E-state index contributed by atoms with van der Waals surface area (Å²) in [6.45, 7) is 0.633. The molecule has 0 aliphatic rings. The second-order valence-electron chi connectivity index (χ2n) is 8.43. The number of aromatic nitrogens is 1. The fourth-order valence-corrected chi connectivity index (χ4v) is 4.88. The molecule has 0 saturated heterocycles. The van der Waals surface area contributed by atoms with E-state index in [0.717, 1.165) is 15.8 Å². The fourth-order valence-electron chi connectivity index (χ4n) is 3.92. The van der Waals surface area contributed by atoms with Gasteiger partial charge in [-0.2, -0.15) is 0 Å².